The van der Waals surface area contributed by atoms with Crippen LogP contribution in [0.15, 0.2) is 15.6 Å². The van der Waals surface area contributed by atoms with E-state index in [1.165, 1.54) is 4.90 Å². The maximum absolute atomic E-state index is 12.4. The molecule has 0 aliphatic carbocycles. The number of carbonyl (C=O) groups is 2. The van der Waals surface area contributed by atoms with Crippen molar-refractivity contribution in [3.8, 4) is 0 Å². The van der Waals surface area contributed by atoms with Gasteiger partial charge >= 0.3 is 6.03 Å². The van der Waals surface area contributed by atoms with Crippen LogP contribution < -0.4 is 16.0 Å². The van der Waals surface area contributed by atoms with Gasteiger partial charge in [-0.15, -0.1) is 24.0 Å². The van der Waals surface area contributed by atoms with E-state index in [1.807, 2.05) is 13.0 Å². The summed E-state index contributed by atoms with van der Waals surface area (Å²) in [6.45, 7) is 9.37. The minimum absolute atomic E-state index is 0. The molecular weight excluding hydrogens is 499 g/mol. The van der Waals surface area contributed by atoms with Crippen LogP contribution in [-0.4, -0.2) is 53.6 Å². The molecule has 1 saturated heterocycles. The highest BCUT2D eigenvalue weighted by Crippen LogP contribution is 2.22. The second-order valence-corrected chi connectivity index (χ2v) is 7.51. The summed E-state index contributed by atoms with van der Waals surface area (Å²) >= 11 is 0. The zero-order valence-corrected chi connectivity index (χ0v) is 20.9. The van der Waals surface area contributed by atoms with Crippen LogP contribution in [0.2, 0.25) is 0 Å². The van der Waals surface area contributed by atoms with Crippen molar-refractivity contribution < 1.29 is 14.1 Å². The molecule has 9 nitrogen and oxygen atoms in total. The van der Waals surface area contributed by atoms with Gasteiger partial charge in [0.2, 0.25) is 0 Å². The fourth-order valence-electron chi connectivity index (χ4n) is 3.34. The molecule has 0 spiro atoms. The SMILES string of the molecule is CCC(CC)c1cc(CNC(=NC)NCCCN2C(=O)NC(C)(CC)C2=O)on1.I. The van der Waals surface area contributed by atoms with E-state index in [2.05, 4.69) is 39.9 Å². The number of hydrogen-bond acceptors (Lipinski definition) is 5. The van der Waals surface area contributed by atoms with Crippen molar-refractivity contribution in [1.29, 1.82) is 0 Å². The molecule has 10 heteroatoms. The zero-order valence-electron chi connectivity index (χ0n) is 18.6. The Labute approximate surface area is 195 Å². The first kappa shape index (κ1) is 26.2. The van der Waals surface area contributed by atoms with Crippen molar-refractivity contribution in [3.63, 3.8) is 0 Å². The van der Waals surface area contributed by atoms with E-state index in [0.29, 0.717) is 44.4 Å². The van der Waals surface area contributed by atoms with Gasteiger partial charge < -0.3 is 20.5 Å². The molecule has 1 aromatic heterocycles. The number of rotatable bonds is 10. The van der Waals surface area contributed by atoms with Crippen LogP contribution in [0.25, 0.3) is 0 Å². The number of aliphatic imine (C=N–C) groups is 1. The minimum atomic E-state index is -0.785. The van der Waals surface area contributed by atoms with E-state index in [0.717, 1.165) is 24.3 Å². The first-order valence-corrected chi connectivity index (χ1v) is 10.4. The molecule has 170 valence electrons. The van der Waals surface area contributed by atoms with Gasteiger partial charge in [0.15, 0.2) is 11.7 Å². The molecule has 2 rings (SSSR count). The van der Waals surface area contributed by atoms with E-state index < -0.39 is 5.54 Å². The predicted octanol–water partition coefficient (Wildman–Crippen LogP) is 2.97. The average molecular weight is 534 g/mol. The molecule has 30 heavy (non-hydrogen) atoms. The lowest BCUT2D eigenvalue weighted by Crippen LogP contribution is -2.43. The number of hydrogen-bond donors (Lipinski definition) is 3. The number of urea groups is 1. The molecule has 1 unspecified atom stereocenters. The molecule has 0 bridgehead atoms. The van der Waals surface area contributed by atoms with Gasteiger partial charge in [-0.2, -0.15) is 0 Å². The third-order valence-corrected chi connectivity index (χ3v) is 5.54. The van der Waals surface area contributed by atoms with Gasteiger partial charge in [0.1, 0.15) is 5.54 Å². The Hall–Kier alpha value is -1.85. The van der Waals surface area contributed by atoms with E-state index in [-0.39, 0.29) is 35.9 Å². The number of nitrogens with one attached hydrogen (secondary N) is 3. The number of guanidine groups is 1. The third kappa shape index (κ3) is 6.32. The quantitative estimate of drug-likeness (QED) is 0.140. The van der Waals surface area contributed by atoms with E-state index in [4.69, 9.17) is 4.52 Å². The first-order chi connectivity index (χ1) is 13.9. The molecule has 3 N–H and O–H groups in total. The molecule has 1 aliphatic heterocycles. The molecule has 0 aromatic carbocycles. The van der Waals surface area contributed by atoms with Gasteiger partial charge in [0.25, 0.3) is 5.91 Å². The van der Waals surface area contributed by atoms with Crippen molar-refractivity contribution in [2.24, 2.45) is 4.99 Å². The fraction of sp³-hybridized carbons (Fsp3) is 0.700. The molecule has 1 fully saturated rings. The van der Waals surface area contributed by atoms with Crippen molar-refractivity contribution in [3.05, 3.63) is 17.5 Å². The Morgan fingerprint density at radius 3 is 2.57 bits per heavy atom. The molecule has 0 radical (unpaired) electrons. The Morgan fingerprint density at radius 2 is 2.00 bits per heavy atom. The van der Waals surface area contributed by atoms with Gasteiger partial charge in [-0.1, -0.05) is 25.9 Å². The second-order valence-electron chi connectivity index (χ2n) is 7.51. The van der Waals surface area contributed by atoms with Crippen LogP contribution in [0.3, 0.4) is 0 Å². The van der Waals surface area contributed by atoms with E-state index in [9.17, 15) is 9.59 Å². The second kappa shape index (κ2) is 12.1. The van der Waals surface area contributed by atoms with Crippen LogP contribution in [0.1, 0.15) is 70.8 Å². The third-order valence-electron chi connectivity index (χ3n) is 5.54. The molecule has 1 aromatic rings. The maximum Gasteiger partial charge on any atom is 0.325 e. The van der Waals surface area contributed by atoms with Gasteiger partial charge in [-0.25, -0.2) is 4.79 Å². The summed E-state index contributed by atoms with van der Waals surface area (Å²) in [4.78, 5) is 29.9. The number of amides is 3. The highest BCUT2D eigenvalue weighted by molar-refractivity contribution is 14.0. The summed E-state index contributed by atoms with van der Waals surface area (Å²) in [5, 5.41) is 13.3. The van der Waals surface area contributed by atoms with Gasteiger partial charge in [-0.05, 0) is 32.6 Å². The molecule has 2 heterocycles. The van der Waals surface area contributed by atoms with Crippen molar-refractivity contribution >= 4 is 41.9 Å². The molecule has 1 atom stereocenters. The van der Waals surface area contributed by atoms with E-state index in [1.54, 1.807) is 14.0 Å². The van der Waals surface area contributed by atoms with Crippen LogP contribution in [0.5, 0.6) is 0 Å². The van der Waals surface area contributed by atoms with Crippen LogP contribution in [-0.2, 0) is 11.3 Å². The Kier molecular flexibility index (Phi) is 10.6. The lowest BCUT2D eigenvalue weighted by atomic mass is 9.99. The summed E-state index contributed by atoms with van der Waals surface area (Å²) in [5.74, 6) is 1.64. The summed E-state index contributed by atoms with van der Waals surface area (Å²) in [6.07, 6.45) is 3.27. The lowest BCUT2D eigenvalue weighted by Gasteiger charge is -2.19. The van der Waals surface area contributed by atoms with Gasteiger partial charge in [0, 0.05) is 32.1 Å². The number of carbonyl (C=O) groups excluding carboxylic acids is 2. The minimum Gasteiger partial charge on any atom is -0.359 e. The summed E-state index contributed by atoms with van der Waals surface area (Å²) in [7, 11) is 1.69. The van der Waals surface area contributed by atoms with Crippen molar-refractivity contribution in [2.45, 2.75) is 71.4 Å². The van der Waals surface area contributed by atoms with Gasteiger partial charge in [0.05, 0.1) is 12.2 Å². The fourth-order valence-corrected chi connectivity index (χ4v) is 3.34. The highest BCUT2D eigenvalue weighted by Gasteiger charge is 2.45. The number of halogens is 1. The standard InChI is InChI=1S/C20H34N6O3.HI/c1-6-14(7-2)16-12-15(29-25-16)13-23-18(21-5)22-10-9-11-26-17(27)20(4,8-3)24-19(26)28;/h12,14H,6-11,13H2,1-5H3,(H,24,28)(H2,21,22,23);1H. The summed E-state index contributed by atoms with van der Waals surface area (Å²) in [6, 6.07) is 1.67. The number of imide groups is 1. The average Bonchev–Trinajstić information content (AvgIpc) is 3.26. The van der Waals surface area contributed by atoms with Gasteiger partial charge in [-0.3, -0.25) is 14.7 Å². The lowest BCUT2D eigenvalue weighted by molar-refractivity contribution is -0.130. The Bertz CT molecular complexity index is 734. The topological polar surface area (TPSA) is 112 Å². The maximum atomic E-state index is 12.4. The van der Waals surface area contributed by atoms with Crippen molar-refractivity contribution in [1.82, 2.24) is 26.0 Å². The van der Waals surface area contributed by atoms with E-state index >= 15 is 0 Å². The number of aromatic nitrogens is 1. The predicted molar refractivity (Wildman–Crippen MR) is 127 cm³/mol. The van der Waals surface area contributed by atoms with Crippen LogP contribution in [0, 0.1) is 0 Å². The largest absolute Gasteiger partial charge is 0.359 e. The monoisotopic (exact) mass is 534 g/mol. The molecule has 1 aliphatic rings. The van der Waals surface area contributed by atoms with Crippen molar-refractivity contribution in [2.75, 3.05) is 20.1 Å². The smallest absolute Gasteiger partial charge is 0.325 e. The summed E-state index contributed by atoms with van der Waals surface area (Å²) < 4.78 is 5.41. The Morgan fingerprint density at radius 1 is 1.30 bits per heavy atom. The zero-order chi connectivity index (χ0) is 21.4. The van der Waals surface area contributed by atoms with Crippen LogP contribution >= 0.6 is 24.0 Å². The Balaban J connectivity index is 0.00000450. The number of nitrogens with zero attached hydrogens (tertiary/aromatic N) is 3. The molecular formula is C20H35IN6O3. The molecule has 3 amide bonds. The summed E-state index contributed by atoms with van der Waals surface area (Å²) in [5.41, 5.74) is 0.203. The normalized spacial score (nSPS) is 19.1. The molecule has 0 saturated carbocycles. The highest BCUT2D eigenvalue weighted by atomic mass is 127. The first-order valence-electron chi connectivity index (χ1n) is 10.4. The van der Waals surface area contributed by atoms with Crippen LogP contribution in [0.4, 0.5) is 4.79 Å².